The molecular weight excluding hydrogens is 218 g/mol. The Morgan fingerprint density at radius 3 is 2.59 bits per heavy atom. The van der Waals surface area contributed by atoms with Crippen LogP contribution in [-0.2, 0) is 9.59 Å². The summed E-state index contributed by atoms with van der Waals surface area (Å²) >= 11 is 0. The number of carbonyl (C=O) groups excluding carboxylic acids is 1. The lowest BCUT2D eigenvalue weighted by molar-refractivity contribution is -0.145. The van der Waals surface area contributed by atoms with Gasteiger partial charge in [-0.3, -0.25) is 9.59 Å². The molecular formula is C13H19NO3. The van der Waals surface area contributed by atoms with Crippen molar-refractivity contribution in [2.24, 2.45) is 11.8 Å². The first kappa shape index (κ1) is 13.6. The molecule has 0 spiro atoms. The number of carboxylic acid groups (broad SMARTS) is 1. The van der Waals surface area contributed by atoms with Gasteiger partial charge in [-0.05, 0) is 26.2 Å². The highest BCUT2D eigenvalue weighted by Crippen LogP contribution is 2.30. The van der Waals surface area contributed by atoms with Crippen molar-refractivity contribution < 1.29 is 14.7 Å². The SMILES string of the molecule is C#CCN(CC)C(=O)C1CCCC(C(=O)O)C1. The van der Waals surface area contributed by atoms with E-state index in [-0.39, 0.29) is 17.7 Å². The molecule has 94 valence electrons. The van der Waals surface area contributed by atoms with E-state index < -0.39 is 5.97 Å². The minimum absolute atomic E-state index is 0.0106. The second-order valence-electron chi connectivity index (χ2n) is 4.46. The lowest BCUT2D eigenvalue weighted by atomic mass is 9.80. The highest BCUT2D eigenvalue weighted by molar-refractivity contribution is 5.80. The van der Waals surface area contributed by atoms with Crippen LogP contribution in [0.2, 0.25) is 0 Å². The van der Waals surface area contributed by atoms with E-state index in [1.165, 1.54) is 0 Å². The van der Waals surface area contributed by atoms with Crippen molar-refractivity contribution in [1.82, 2.24) is 4.90 Å². The van der Waals surface area contributed by atoms with Crippen LogP contribution in [-0.4, -0.2) is 35.0 Å². The third-order valence-corrected chi connectivity index (χ3v) is 3.35. The Morgan fingerprint density at radius 2 is 2.06 bits per heavy atom. The zero-order valence-corrected chi connectivity index (χ0v) is 10.2. The van der Waals surface area contributed by atoms with Crippen LogP contribution in [0.5, 0.6) is 0 Å². The van der Waals surface area contributed by atoms with E-state index in [1.54, 1.807) is 4.90 Å². The lowest BCUT2D eigenvalue weighted by Gasteiger charge is -2.29. The molecule has 0 aromatic heterocycles. The number of rotatable bonds is 4. The van der Waals surface area contributed by atoms with E-state index in [4.69, 9.17) is 11.5 Å². The second-order valence-corrected chi connectivity index (χ2v) is 4.46. The maximum absolute atomic E-state index is 12.1. The van der Waals surface area contributed by atoms with Gasteiger partial charge in [0.1, 0.15) is 0 Å². The Labute approximate surface area is 102 Å². The van der Waals surface area contributed by atoms with E-state index in [0.29, 0.717) is 25.9 Å². The molecule has 17 heavy (non-hydrogen) atoms. The molecule has 2 atom stereocenters. The molecule has 1 N–H and O–H groups in total. The highest BCUT2D eigenvalue weighted by Gasteiger charge is 2.32. The van der Waals surface area contributed by atoms with Crippen LogP contribution in [0, 0.1) is 24.2 Å². The van der Waals surface area contributed by atoms with Crippen molar-refractivity contribution >= 4 is 11.9 Å². The van der Waals surface area contributed by atoms with Crippen molar-refractivity contribution in [2.45, 2.75) is 32.6 Å². The van der Waals surface area contributed by atoms with Gasteiger partial charge in [0.2, 0.25) is 5.91 Å². The molecule has 1 rings (SSSR count). The van der Waals surface area contributed by atoms with Crippen LogP contribution in [0.15, 0.2) is 0 Å². The molecule has 0 radical (unpaired) electrons. The maximum Gasteiger partial charge on any atom is 0.306 e. The van der Waals surface area contributed by atoms with Gasteiger partial charge in [-0.1, -0.05) is 12.3 Å². The van der Waals surface area contributed by atoms with Crippen LogP contribution in [0.25, 0.3) is 0 Å². The Balaban J connectivity index is 2.62. The summed E-state index contributed by atoms with van der Waals surface area (Å²) in [4.78, 5) is 24.7. The molecule has 0 aromatic carbocycles. The van der Waals surface area contributed by atoms with Gasteiger partial charge < -0.3 is 10.0 Å². The van der Waals surface area contributed by atoms with Gasteiger partial charge in [0.25, 0.3) is 0 Å². The quantitative estimate of drug-likeness (QED) is 0.751. The summed E-state index contributed by atoms with van der Waals surface area (Å²) in [6.45, 7) is 2.77. The molecule has 0 aliphatic heterocycles. The average molecular weight is 237 g/mol. The van der Waals surface area contributed by atoms with E-state index in [9.17, 15) is 9.59 Å². The largest absolute Gasteiger partial charge is 0.481 e. The van der Waals surface area contributed by atoms with Gasteiger partial charge in [0.05, 0.1) is 12.5 Å². The van der Waals surface area contributed by atoms with Crippen molar-refractivity contribution in [3.05, 3.63) is 0 Å². The fourth-order valence-electron chi connectivity index (χ4n) is 2.35. The van der Waals surface area contributed by atoms with Gasteiger partial charge in [0, 0.05) is 12.5 Å². The van der Waals surface area contributed by atoms with E-state index in [2.05, 4.69) is 5.92 Å². The molecule has 0 saturated heterocycles. The summed E-state index contributed by atoms with van der Waals surface area (Å²) in [6.07, 6.45) is 7.93. The Morgan fingerprint density at radius 1 is 1.41 bits per heavy atom. The molecule has 4 nitrogen and oxygen atoms in total. The van der Waals surface area contributed by atoms with Crippen LogP contribution >= 0.6 is 0 Å². The Hall–Kier alpha value is -1.50. The third-order valence-electron chi connectivity index (χ3n) is 3.35. The van der Waals surface area contributed by atoms with Crippen LogP contribution in [0.1, 0.15) is 32.6 Å². The lowest BCUT2D eigenvalue weighted by Crippen LogP contribution is -2.39. The molecule has 0 bridgehead atoms. The summed E-state index contributed by atoms with van der Waals surface area (Å²) in [5, 5.41) is 8.98. The van der Waals surface area contributed by atoms with E-state index >= 15 is 0 Å². The number of terminal acetylenes is 1. The van der Waals surface area contributed by atoms with E-state index in [1.807, 2.05) is 6.92 Å². The first-order chi connectivity index (χ1) is 8.10. The molecule has 1 aliphatic rings. The average Bonchev–Trinajstić information content (AvgIpc) is 2.35. The van der Waals surface area contributed by atoms with Crippen molar-refractivity contribution in [3.63, 3.8) is 0 Å². The van der Waals surface area contributed by atoms with Gasteiger partial charge >= 0.3 is 5.97 Å². The number of carboxylic acids is 1. The van der Waals surface area contributed by atoms with Gasteiger partial charge in [-0.25, -0.2) is 0 Å². The minimum atomic E-state index is -0.789. The summed E-state index contributed by atoms with van der Waals surface area (Å²) in [5.41, 5.74) is 0. The fraction of sp³-hybridized carbons (Fsp3) is 0.692. The number of hydrogen-bond donors (Lipinski definition) is 1. The first-order valence-electron chi connectivity index (χ1n) is 6.05. The fourth-order valence-corrected chi connectivity index (χ4v) is 2.35. The van der Waals surface area contributed by atoms with Crippen molar-refractivity contribution in [2.75, 3.05) is 13.1 Å². The standard InChI is InChI=1S/C13H19NO3/c1-3-8-14(4-2)12(15)10-6-5-7-11(9-10)13(16)17/h1,10-11H,4-9H2,2H3,(H,16,17). The number of aliphatic carboxylic acids is 1. The summed E-state index contributed by atoms with van der Waals surface area (Å²) in [6, 6.07) is 0. The number of hydrogen-bond acceptors (Lipinski definition) is 2. The van der Waals surface area contributed by atoms with Crippen LogP contribution in [0.4, 0.5) is 0 Å². The Bertz CT molecular complexity index is 332. The van der Waals surface area contributed by atoms with E-state index in [0.717, 1.165) is 12.8 Å². The number of carbonyl (C=O) groups is 2. The zero-order valence-electron chi connectivity index (χ0n) is 10.2. The minimum Gasteiger partial charge on any atom is -0.481 e. The van der Waals surface area contributed by atoms with Gasteiger partial charge in [0.15, 0.2) is 0 Å². The maximum atomic E-state index is 12.1. The third kappa shape index (κ3) is 3.48. The molecule has 1 fully saturated rings. The predicted molar refractivity (Wildman–Crippen MR) is 64.2 cm³/mol. The predicted octanol–water partition coefficient (Wildman–Crippen LogP) is 1.36. The first-order valence-corrected chi connectivity index (χ1v) is 6.05. The number of nitrogens with zero attached hydrogens (tertiary/aromatic N) is 1. The van der Waals surface area contributed by atoms with Gasteiger partial charge in [-0.2, -0.15) is 0 Å². The molecule has 0 aromatic rings. The summed E-state index contributed by atoms with van der Waals surface area (Å²) in [5.74, 6) is 1.14. The number of amides is 1. The van der Waals surface area contributed by atoms with Crippen LogP contribution < -0.4 is 0 Å². The molecule has 1 aliphatic carbocycles. The van der Waals surface area contributed by atoms with Crippen molar-refractivity contribution in [3.8, 4) is 12.3 Å². The molecule has 1 amide bonds. The summed E-state index contributed by atoms with van der Waals surface area (Å²) in [7, 11) is 0. The highest BCUT2D eigenvalue weighted by atomic mass is 16.4. The molecule has 1 saturated carbocycles. The monoisotopic (exact) mass is 237 g/mol. The Kier molecular flexibility index (Phi) is 5.02. The molecule has 2 unspecified atom stereocenters. The van der Waals surface area contributed by atoms with Crippen LogP contribution in [0.3, 0.4) is 0 Å². The van der Waals surface area contributed by atoms with Crippen molar-refractivity contribution in [1.29, 1.82) is 0 Å². The smallest absolute Gasteiger partial charge is 0.306 e. The second kappa shape index (κ2) is 6.29. The normalized spacial score (nSPS) is 23.8. The molecule has 0 heterocycles. The van der Waals surface area contributed by atoms with Gasteiger partial charge in [-0.15, -0.1) is 6.42 Å². The zero-order chi connectivity index (χ0) is 12.8. The summed E-state index contributed by atoms with van der Waals surface area (Å²) < 4.78 is 0. The molecule has 4 heteroatoms. The topological polar surface area (TPSA) is 57.6 Å².